The van der Waals surface area contributed by atoms with Gasteiger partial charge in [0.05, 0.1) is 5.41 Å². The minimum absolute atomic E-state index is 0.0625. The van der Waals surface area contributed by atoms with Gasteiger partial charge in [0.25, 0.3) is 0 Å². The third kappa shape index (κ3) is 3.31. The summed E-state index contributed by atoms with van der Waals surface area (Å²) in [5.74, 6) is 0.649. The zero-order valence-electron chi connectivity index (χ0n) is 12.5. The number of hydrogen-bond acceptors (Lipinski definition) is 3. The van der Waals surface area contributed by atoms with E-state index in [1.807, 2.05) is 0 Å². The zero-order valence-corrected chi connectivity index (χ0v) is 12.5. The molecule has 2 aliphatic rings. The van der Waals surface area contributed by atoms with E-state index in [2.05, 4.69) is 19.2 Å². The molecule has 0 bridgehead atoms. The van der Waals surface area contributed by atoms with E-state index in [4.69, 9.17) is 4.74 Å². The molecule has 3 nitrogen and oxygen atoms in total. The smallest absolute Gasteiger partial charge is 0.313 e. The molecule has 1 saturated heterocycles. The fraction of sp³-hybridized carbons (Fsp3) is 0.938. The summed E-state index contributed by atoms with van der Waals surface area (Å²) in [5, 5.41) is 3.37. The van der Waals surface area contributed by atoms with Crippen molar-refractivity contribution in [1.29, 1.82) is 0 Å². The van der Waals surface area contributed by atoms with E-state index in [9.17, 15) is 4.79 Å². The average molecular weight is 267 g/mol. The van der Waals surface area contributed by atoms with E-state index >= 15 is 0 Å². The lowest BCUT2D eigenvalue weighted by Crippen LogP contribution is -2.47. The van der Waals surface area contributed by atoms with Gasteiger partial charge < -0.3 is 10.1 Å². The highest BCUT2D eigenvalue weighted by atomic mass is 16.5. The standard InChI is InChI=1S/C16H29NO2/c1-3-13-8-5-6-9-14(13)19-15(18)16(4-2)10-7-11-17-12-16/h13-14,17H,3-12H2,1-2H3. The molecule has 0 spiro atoms. The molecule has 3 heteroatoms. The Kier molecular flexibility index (Phi) is 5.26. The highest BCUT2D eigenvalue weighted by Crippen LogP contribution is 2.35. The van der Waals surface area contributed by atoms with Crippen LogP contribution in [-0.4, -0.2) is 25.2 Å². The van der Waals surface area contributed by atoms with Gasteiger partial charge in [-0.15, -0.1) is 0 Å². The van der Waals surface area contributed by atoms with Crippen LogP contribution in [0.4, 0.5) is 0 Å². The van der Waals surface area contributed by atoms with Crippen LogP contribution in [0.15, 0.2) is 0 Å². The summed E-state index contributed by atoms with van der Waals surface area (Å²) in [6.07, 6.45) is 9.08. The molecule has 0 aromatic heterocycles. The monoisotopic (exact) mass is 267 g/mol. The lowest BCUT2D eigenvalue weighted by molar-refractivity contribution is -0.167. The molecular weight excluding hydrogens is 238 g/mol. The summed E-state index contributed by atoms with van der Waals surface area (Å²) in [4.78, 5) is 12.6. The van der Waals surface area contributed by atoms with Crippen molar-refractivity contribution in [3.63, 3.8) is 0 Å². The van der Waals surface area contributed by atoms with Crippen molar-refractivity contribution in [2.45, 2.75) is 71.3 Å². The summed E-state index contributed by atoms with van der Waals surface area (Å²) in [6.45, 7) is 6.17. The van der Waals surface area contributed by atoms with Gasteiger partial charge in [-0.2, -0.15) is 0 Å². The molecule has 0 aromatic carbocycles. The number of esters is 1. The van der Waals surface area contributed by atoms with Crippen molar-refractivity contribution in [2.75, 3.05) is 13.1 Å². The first-order chi connectivity index (χ1) is 9.22. The minimum Gasteiger partial charge on any atom is -0.462 e. The lowest BCUT2D eigenvalue weighted by Gasteiger charge is -2.38. The van der Waals surface area contributed by atoms with Gasteiger partial charge in [0, 0.05) is 6.54 Å². The Labute approximate surface area is 117 Å². The second-order valence-electron chi connectivity index (χ2n) is 6.31. The predicted molar refractivity (Wildman–Crippen MR) is 77.0 cm³/mol. The average Bonchev–Trinajstić information content (AvgIpc) is 2.48. The van der Waals surface area contributed by atoms with Crippen LogP contribution in [0.5, 0.6) is 0 Å². The number of rotatable bonds is 4. The minimum atomic E-state index is -0.256. The lowest BCUT2D eigenvalue weighted by atomic mass is 9.78. The summed E-state index contributed by atoms with van der Waals surface area (Å²) in [5.41, 5.74) is -0.256. The quantitative estimate of drug-likeness (QED) is 0.794. The summed E-state index contributed by atoms with van der Waals surface area (Å²) in [6, 6.07) is 0. The molecule has 1 heterocycles. The first-order valence-electron chi connectivity index (χ1n) is 8.13. The van der Waals surface area contributed by atoms with Crippen LogP contribution in [0.3, 0.4) is 0 Å². The molecular formula is C16H29NO2. The van der Waals surface area contributed by atoms with Crippen LogP contribution in [0, 0.1) is 11.3 Å². The highest BCUT2D eigenvalue weighted by Gasteiger charge is 2.41. The maximum Gasteiger partial charge on any atom is 0.313 e. The summed E-state index contributed by atoms with van der Waals surface area (Å²) in [7, 11) is 0. The number of ether oxygens (including phenoxy) is 1. The van der Waals surface area contributed by atoms with Gasteiger partial charge in [-0.1, -0.05) is 20.3 Å². The van der Waals surface area contributed by atoms with Crippen LogP contribution in [-0.2, 0) is 9.53 Å². The molecule has 110 valence electrons. The first-order valence-corrected chi connectivity index (χ1v) is 8.13. The third-order valence-corrected chi connectivity index (χ3v) is 5.20. The molecule has 0 aromatic rings. The van der Waals surface area contributed by atoms with E-state index in [0.717, 1.165) is 45.2 Å². The van der Waals surface area contributed by atoms with Crippen molar-refractivity contribution < 1.29 is 9.53 Å². The van der Waals surface area contributed by atoms with E-state index in [1.54, 1.807) is 0 Å². The molecule has 1 aliphatic carbocycles. The Morgan fingerprint density at radius 2 is 2.05 bits per heavy atom. The van der Waals surface area contributed by atoms with Crippen LogP contribution in [0.25, 0.3) is 0 Å². The highest BCUT2D eigenvalue weighted by molar-refractivity contribution is 5.77. The Morgan fingerprint density at radius 1 is 1.26 bits per heavy atom. The van der Waals surface area contributed by atoms with Gasteiger partial charge >= 0.3 is 5.97 Å². The van der Waals surface area contributed by atoms with E-state index in [0.29, 0.717) is 5.92 Å². The number of piperidine rings is 1. The fourth-order valence-corrected chi connectivity index (χ4v) is 3.65. The maximum atomic E-state index is 12.6. The SMILES string of the molecule is CCC1CCCCC1OC(=O)C1(CC)CCCNC1. The van der Waals surface area contributed by atoms with Gasteiger partial charge in [0.15, 0.2) is 0 Å². The van der Waals surface area contributed by atoms with Crippen LogP contribution >= 0.6 is 0 Å². The molecule has 3 unspecified atom stereocenters. The molecule has 0 amide bonds. The van der Waals surface area contributed by atoms with E-state index in [-0.39, 0.29) is 17.5 Å². The Bertz CT molecular complexity index is 297. The van der Waals surface area contributed by atoms with Crippen molar-refractivity contribution in [1.82, 2.24) is 5.32 Å². The molecule has 0 radical (unpaired) electrons. The number of nitrogens with one attached hydrogen (secondary N) is 1. The summed E-state index contributed by atoms with van der Waals surface area (Å²) >= 11 is 0. The maximum absolute atomic E-state index is 12.6. The van der Waals surface area contributed by atoms with Gasteiger partial charge in [0.1, 0.15) is 6.10 Å². The molecule has 3 atom stereocenters. The normalized spacial score (nSPS) is 35.9. The van der Waals surface area contributed by atoms with E-state index < -0.39 is 0 Å². The van der Waals surface area contributed by atoms with Gasteiger partial charge in [-0.3, -0.25) is 4.79 Å². The Hall–Kier alpha value is -0.570. The molecule has 2 rings (SSSR count). The first kappa shape index (κ1) is 14.8. The van der Waals surface area contributed by atoms with Crippen molar-refractivity contribution in [3.05, 3.63) is 0 Å². The number of carbonyl (C=O) groups excluding carboxylic acids is 1. The third-order valence-electron chi connectivity index (χ3n) is 5.20. The molecule has 1 aliphatic heterocycles. The van der Waals surface area contributed by atoms with Crippen molar-refractivity contribution in [3.8, 4) is 0 Å². The number of carbonyl (C=O) groups is 1. The molecule has 19 heavy (non-hydrogen) atoms. The second kappa shape index (κ2) is 6.74. The second-order valence-corrected chi connectivity index (χ2v) is 6.31. The molecule has 2 fully saturated rings. The topological polar surface area (TPSA) is 38.3 Å². The van der Waals surface area contributed by atoms with Gasteiger partial charge in [-0.05, 0) is 57.4 Å². The van der Waals surface area contributed by atoms with Crippen LogP contribution in [0.1, 0.15) is 65.2 Å². The van der Waals surface area contributed by atoms with Crippen molar-refractivity contribution in [2.24, 2.45) is 11.3 Å². The summed E-state index contributed by atoms with van der Waals surface area (Å²) < 4.78 is 5.95. The van der Waals surface area contributed by atoms with E-state index in [1.165, 1.54) is 19.3 Å². The Balaban J connectivity index is 1.98. The fourth-order valence-electron chi connectivity index (χ4n) is 3.65. The van der Waals surface area contributed by atoms with Crippen LogP contribution < -0.4 is 5.32 Å². The molecule has 1 saturated carbocycles. The van der Waals surface area contributed by atoms with Crippen molar-refractivity contribution >= 4 is 5.97 Å². The molecule has 1 N–H and O–H groups in total. The van der Waals surface area contributed by atoms with Gasteiger partial charge in [-0.25, -0.2) is 0 Å². The van der Waals surface area contributed by atoms with Gasteiger partial charge in [0.2, 0.25) is 0 Å². The number of hydrogen-bond donors (Lipinski definition) is 1. The Morgan fingerprint density at radius 3 is 2.68 bits per heavy atom. The zero-order chi connectivity index (χ0) is 13.7. The van der Waals surface area contributed by atoms with Crippen LogP contribution in [0.2, 0.25) is 0 Å². The largest absolute Gasteiger partial charge is 0.462 e. The predicted octanol–water partition coefficient (Wildman–Crippen LogP) is 3.28.